The van der Waals surface area contributed by atoms with E-state index in [1.54, 1.807) is 6.26 Å². The summed E-state index contributed by atoms with van der Waals surface area (Å²) in [7, 11) is 0. The zero-order valence-electron chi connectivity index (χ0n) is 18.8. The average Bonchev–Trinajstić information content (AvgIpc) is 3.35. The fraction of sp³-hybridized carbons (Fsp3) is 0.800. The maximum absolute atomic E-state index is 11.8. The van der Waals surface area contributed by atoms with E-state index >= 15 is 0 Å². The number of carbonyl (C=O) groups is 1. The molecule has 1 aromatic heterocycles. The number of hydrogen-bond donors (Lipinski definition) is 3. The zero-order chi connectivity index (χ0) is 22.2. The minimum Gasteiger partial charge on any atom is -0.466 e. The Bertz CT molecular complexity index is 837. The van der Waals surface area contributed by atoms with Gasteiger partial charge in [-0.3, -0.25) is 4.79 Å². The lowest BCUT2D eigenvalue weighted by molar-refractivity contribution is -0.236. The number of aliphatic hydroxyl groups excluding tert-OH is 2. The Morgan fingerprint density at radius 1 is 1.06 bits per heavy atom. The third kappa shape index (κ3) is 2.83. The quantitative estimate of drug-likeness (QED) is 0.620. The third-order valence-electron chi connectivity index (χ3n) is 10.1. The first kappa shape index (κ1) is 21.5. The molecule has 10 atom stereocenters. The average molecular weight is 433 g/mol. The highest BCUT2D eigenvalue weighted by Gasteiger charge is 2.69. The molecule has 1 heterocycles. The Hall–Kier alpha value is -1.37. The van der Waals surface area contributed by atoms with E-state index in [9.17, 15) is 20.1 Å². The molecule has 0 saturated heterocycles. The predicted molar refractivity (Wildman–Crippen MR) is 113 cm³/mol. The molecule has 172 valence electrons. The van der Waals surface area contributed by atoms with Crippen LogP contribution in [-0.4, -0.2) is 39.6 Å². The van der Waals surface area contributed by atoms with Crippen molar-refractivity contribution in [1.82, 2.24) is 0 Å². The van der Waals surface area contributed by atoms with E-state index in [4.69, 9.17) is 9.15 Å². The number of rotatable bonds is 2. The van der Waals surface area contributed by atoms with Crippen molar-refractivity contribution in [3.05, 3.63) is 24.2 Å². The van der Waals surface area contributed by atoms with E-state index in [-0.39, 0.29) is 41.2 Å². The van der Waals surface area contributed by atoms with E-state index in [1.807, 2.05) is 12.1 Å². The van der Waals surface area contributed by atoms with Crippen LogP contribution >= 0.6 is 0 Å². The van der Waals surface area contributed by atoms with E-state index < -0.39 is 23.2 Å². The van der Waals surface area contributed by atoms with Crippen molar-refractivity contribution in [3.63, 3.8) is 0 Å². The van der Waals surface area contributed by atoms with Crippen LogP contribution in [0, 0.1) is 34.5 Å². The molecule has 0 unspecified atom stereocenters. The Kier molecular flexibility index (Phi) is 4.89. The molecule has 1 aromatic rings. The minimum absolute atomic E-state index is 0.0516. The Morgan fingerprint density at radius 3 is 2.48 bits per heavy atom. The minimum atomic E-state index is -1.04. The van der Waals surface area contributed by atoms with Crippen molar-refractivity contribution in [2.45, 2.75) is 89.6 Å². The van der Waals surface area contributed by atoms with Gasteiger partial charge in [0, 0.05) is 12.3 Å². The first-order chi connectivity index (χ1) is 14.6. The molecule has 0 aromatic carbocycles. The molecule has 4 saturated carbocycles. The summed E-state index contributed by atoms with van der Waals surface area (Å²) in [5.74, 6) is 0.601. The van der Waals surface area contributed by atoms with Crippen LogP contribution in [0.3, 0.4) is 0 Å². The van der Waals surface area contributed by atoms with Crippen molar-refractivity contribution in [2.24, 2.45) is 34.5 Å². The second kappa shape index (κ2) is 7.06. The fourth-order valence-corrected chi connectivity index (χ4v) is 8.50. The Morgan fingerprint density at radius 2 is 1.81 bits per heavy atom. The lowest BCUT2D eigenvalue weighted by Crippen LogP contribution is -2.65. The molecule has 0 radical (unpaired) electrons. The van der Waals surface area contributed by atoms with Gasteiger partial charge in [0.25, 0.3) is 0 Å². The highest BCUT2D eigenvalue weighted by Crippen LogP contribution is 2.70. The molecule has 0 spiro atoms. The lowest BCUT2D eigenvalue weighted by atomic mass is 9.43. The standard InChI is InChI=1S/C25H36O6/c1-14(26)31-15-6-9-23(2)16-7-10-24(3)17(20(16)22(28)21(27)18(23)13-15)8-11-25(24,29)19-5-4-12-30-19/h4-5,12,15-18,20-22,27-29H,6-11,13H2,1-3H3/t15-,16-,17-,18+,20+,21+,22+,23+,24-,25+/m0/s1. The first-order valence-electron chi connectivity index (χ1n) is 11.9. The van der Waals surface area contributed by atoms with Crippen LogP contribution in [0.5, 0.6) is 0 Å². The highest BCUT2D eigenvalue weighted by molar-refractivity contribution is 5.66. The van der Waals surface area contributed by atoms with Crippen molar-refractivity contribution in [3.8, 4) is 0 Å². The largest absolute Gasteiger partial charge is 0.466 e. The van der Waals surface area contributed by atoms with Crippen LogP contribution in [0.1, 0.15) is 71.5 Å². The van der Waals surface area contributed by atoms with Gasteiger partial charge in [-0.1, -0.05) is 13.8 Å². The number of hydrogen-bond acceptors (Lipinski definition) is 6. The van der Waals surface area contributed by atoms with Crippen molar-refractivity contribution < 1.29 is 29.3 Å². The van der Waals surface area contributed by atoms with Gasteiger partial charge in [-0.05, 0) is 86.2 Å². The van der Waals surface area contributed by atoms with E-state index in [0.29, 0.717) is 18.6 Å². The lowest BCUT2D eigenvalue weighted by Gasteiger charge is -2.63. The molecular weight excluding hydrogens is 396 g/mol. The third-order valence-corrected chi connectivity index (χ3v) is 10.1. The monoisotopic (exact) mass is 432 g/mol. The van der Waals surface area contributed by atoms with Gasteiger partial charge in [-0.15, -0.1) is 0 Å². The Labute approximate surface area is 184 Å². The maximum atomic E-state index is 11.8. The van der Waals surface area contributed by atoms with Crippen LogP contribution in [0.15, 0.2) is 22.8 Å². The van der Waals surface area contributed by atoms with Gasteiger partial charge < -0.3 is 24.5 Å². The molecule has 0 amide bonds. The number of aliphatic hydroxyl groups is 3. The highest BCUT2D eigenvalue weighted by atomic mass is 16.5. The molecule has 6 nitrogen and oxygen atoms in total. The second-order valence-electron chi connectivity index (χ2n) is 11.2. The first-order valence-corrected chi connectivity index (χ1v) is 11.9. The predicted octanol–water partition coefficient (Wildman–Crippen LogP) is 3.38. The molecule has 31 heavy (non-hydrogen) atoms. The molecule has 4 fully saturated rings. The second-order valence-corrected chi connectivity index (χ2v) is 11.2. The normalized spacial score (nSPS) is 51.5. The number of ether oxygens (including phenoxy) is 1. The van der Waals surface area contributed by atoms with Crippen LogP contribution in [0.2, 0.25) is 0 Å². The molecular formula is C25H36O6. The SMILES string of the molecule is CC(=O)O[C@H]1CC[C@@]2(C)[C@H](C1)[C@@H](O)[C@H](O)[C@@H]1[C@@H]2CC[C@@]2(C)[C@H]1CC[C@@]2(O)c1ccco1. The van der Waals surface area contributed by atoms with E-state index in [0.717, 1.165) is 32.1 Å². The van der Waals surface area contributed by atoms with Gasteiger partial charge in [0.1, 0.15) is 17.5 Å². The summed E-state index contributed by atoms with van der Waals surface area (Å²) in [5, 5.41) is 34.4. The van der Waals surface area contributed by atoms with Gasteiger partial charge >= 0.3 is 5.97 Å². The number of esters is 1. The van der Waals surface area contributed by atoms with Crippen molar-refractivity contribution in [2.75, 3.05) is 0 Å². The summed E-state index contributed by atoms with van der Waals surface area (Å²) in [4.78, 5) is 11.5. The smallest absolute Gasteiger partial charge is 0.302 e. The molecule has 4 aliphatic rings. The summed E-state index contributed by atoms with van der Waals surface area (Å²) in [6.45, 7) is 5.84. The molecule has 6 heteroatoms. The number of fused-ring (bicyclic) bond motifs is 5. The van der Waals surface area contributed by atoms with Gasteiger partial charge in [-0.25, -0.2) is 0 Å². The molecule has 5 rings (SSSR count). The Balaban J connectivity index is 1.47. The van der Waals surface area contributed by atoms with Crippen LogP contribution < -0.4 is 0 Å². The number of carbonyl (C=O) groups excluding carboxylic acids is 1. The fourth-order valence-electron chi connectivity index (χ4n) is 8.50. The maximum Gasteiger partial charge on any atom is 0.302 e. The summed E-state index contributed by atoms with van der Waals surface area (Å²) in [5.41, 5.74) is -1.54. The van der Waals surface area contributed by atoms with Gasteiger partial charge in [0.2, 0.25) is 0 Å². The van der Waals surface area contributed by atoms with Crippen molar-refractivity contribution >= 4 is 5.97 Å². The molecule has 0 bridgehead atoms. The van der Waals surface area contributed by atoms with Crippen LogP contribution in [-0.2, 0) is 15.1 Å². The molecule has 0 aliphatic heterocycles. The van der Waals surface area contributed by atoms with Gasteiger partial charge in [0.15, 0.2) is 0 Å². The summed E-state index contributed by atoms with van der Waals surface area (Å²) >= 11 is 0. The summed E-state index contributed by atoms with van der Waals surface area (Å²) < 4.78 is 11.1. The van der Waals surface area contributed by atoms with Gasteiger partial charge in [-0.2, -0.15) is 0 Å². The van der Waals surface area contributed by atoms with Crippen LogP contribution in [0.25, 0.3) is 0 Å². The molecule has 4 aliphatic carbocycles. The molecule has 3 N–H and O–H groups in total. The van der Waals surface area contributed by atoms with Crippen molar-refractivity contribution in [1.29, 1.82) is 0 Å². The van der Waals surface area contributed by atoms with E-state index in [2.05, 4.69) is 13.8 Å². The number of furan rings is 1. The van der Waals surface area contributed by atoms with Gasteiger partial charge in [0.05, 0.1) is 18.5 Å². The van der Waals surface area contributed by atoms with E-state index in [1.165, 1.54) is 6.92 Å². The topological polar surface area (TPSA) is 100 Å². The summed E-state index contributed by atoms with van der Waals surface area (Å²) in [6.07, 6.45) is 5.26. The summed E-state index contributed by atoms with van der Waals surface area (Å²) in [6, 6.07) is 3.68. The zero-order valence-corrected chi connectivity index (χ0v) is 18.8. The van der Waals surface area contributed by atoms with Crippen LogP contribution in [0.4, 0.5) is 0 Å².